The van der Waals surface area contributed by atoms with E-state index >= 15 is 0 Å². The summed E-state index contributed by atoms with van der Waals surface area (Å²) in [5.74, 6) is -1.13. The van der Waals surface area contributed by atoms with Gasteiger partial charge in [-0.3, -0.25) is 14.9 Å². The van der Waals surface area contributed by atoms with E-state index in [1.54, 1.807) is 109 Å². The molecule has 1 aliphatic carbocycles. The average molecular weight is 916 g/mol. The second-order valence-corrected chi connectivity index (χ2v) is 15.4. The molecule has 17 heteroatoms. The first kappa shape index (κ1) is 42.6. The number of amides is 3. The van der Waals surface area contributed by atoms with Gasteiger partial charge in [-0.15, -0.1) is 10.2 Å². The number of halogens is 2. The highest BCUT2D eigenvalue weighted by atomic mass is 35.5. The molecule has 8 aromatic carbocycles. The fourth-order valence-corrected chi connectivity index (χ4v) is 7.54. The van der Waals surface area contributed by atoms with Gasteiger partial charge in [0.2, 0.25) is 6.40 Å². The number of imide groups is 1. The number of fused-ring (bicyclic) bond motifs is 5. The molecule has 0 saturated heterocycles. The highest BCUT2D eigenvalue weighted by molar-refractivity contribution is 6.34. The van der Waals surface area contributed by atoms with Crippen molar-refractivity contribution < 1.29 is 34.3 Å². The monoisotopic (exact) mass is 914 g/mol. The molecule has 0 saturated carbocycles. The second-order valence-electron chi connectivity index (χ2n) is 14.6. The minimum atomic E-state index is -0.758. The number of nitrogens with one attached hydrogen (secondary N) is 3. The summed E-state index contributed by atoms with van der Waals surface area (Å²) in [7, 11) is 0. The number of benzene rings is 8. The third kappa shape index (κ3) is 9.05. The SMILES string of the molecule is O=C(NC(=O)c1ccc2c(N=Nc3ccc4c(c3)C(=O)c3cc(N=Nc5c(O)ccc6cc(CON=CONc7ccccc7Cl)ccc56)ccc3-4)c(O)ccc2c1)Nc1ccccc1Cl. The first-order valence-corrected chi connectivity index (χ1v) is 20.7. The molecule has 0 radical (unpaired) electrons. The number of carbonyl (C=O) groups is 3. The molecule has 0 unspecified atom stereocenters. The van der Waals surface area contributed by atoms with Gasteiger partial charge in [0.15, 0.2) is 5.78 Å². The lowest BCUT2D eigenvalue weighted by Gasteiger charge is -2.09. The number of hydrogen-bond donors (Lipinski definition) is 5. The maximum atomic E-state index is 13.8. The van der Waals surface area contributed by atoms with Crippen molar-refractivity contribution in [2.45, 2.75) is 6.61 Å². The van der Waals surface area contributed by atoms with E-state index in [2.05, 4.69) is 41.7 Å². The lowest BCUT2D eigenvalue weighted by atomic mass is 10.0. The van der Waals surface area contributed by atoms with Crippen molar-refractivity contribution in [1.82, 2.24) is 5.32 Å². The van der Waals surface area contributed by atoms with Crippen molar-refractivity contribution >= 4 is 103 Å². The first-order chi connectivity index (χ1) is 32.1. The van der Waals surface area contributed by atoms with Crippen LogP contribution in [0.1, 0.15) is 31.8 Å². The molecule has 0 spiro atoms. The number of hydrogen-bond acceptors (Lipinski definition) is 13. The Balaban J connectivity index is 0.859. The smallest absolute Gasteiger partial charge is 0.326 e. The minimum Gasteiger partial charge on any atom is -0.506 e. The zero-order valence-corrected chi connectivity index (χ0v) is 35.6. The number of oxime groups is 1. The van der Waals surface area contributed by atoms with Gasteiger partial charge in [-0.2, -0.15) is 10.2 Å². The Morgan fingerprint density at radius 2 is 1.18 bits per heavy atom. The second kappa shape index (κ2) is 18.6. The van der Waals surface area contributed by atoms with Gasteiger partial charge >= 0.3 is 6.03 Å². The molecule has 5 N–H and O–H groups in total. The molecule has 0 heterocycles. The predicted molar refractivity (Wildman–Crippen MR) is 252 cm³/mol. The lowest BCUT2D eigenvalue weighted by Crippen LogP contribution is -2.34. The number of anilines is 2. The standard InChI is InChI=1S/C49H32Cl2N8O7/c50-39-5-1-3-7-41(39)53-49(64)54-48(63)30-10-16-34-29(22-30)12-20-44(61)46(34)58-56-32-14-18-36-35-17-13-31(23-37(35)47(62)38(36)24-32)55-57-45-33-15-9-27(21-28(33)11-19-43(45)60)25-65-52-26-66-59-42-8-4-2-6-40(42)51/h1-24,26,59-61H,25H2,(H2,53,54,63,64). The topological polar surface area (TPSA) is 208 Å². The van der Waals surface area contributed by atoms with Gasteiger partial charge in [0.05, 0.1) is 32.8 Å². The Morgan fingerprint density at radius 1 is 0.606 bits per heavy atom. The lowest BCUT2D eigenvalue weighted by molar-refractivity contribution is 0.0966. The van der Waals surface area contributed by atoms with E-state index in [1.165, 1.54) is 18.2 Å². The summed E-state index contributed by atoms with van der Waals surface area (Å²) in [6.07, 6.45) is 1.11. The van der Waals surface area contributed by atoms with E-state index in [-0.39, 0.29) is 40.8 Å². The van der Waals surface area contributed by atoms with Crippen molar-refractivity contribution in [3.8, 4) is 22.6 Å². The molecule has 0 atom stereocenters. The number of carbonyl (C=O) groups excluding carboxylic acids is 3. The Morgan fingerprint density at radius 3 is 1.80 bits per heavy atom. The molecule has 324 valence electrons. The van der Waals surface area contributed by atoms with E-state index in [9.17, 15) is 24.6 Å². The van der Waals surface area contributed by atoms with E-state index in [4.69, 9.17) is 32.9 Å². The highest BCUT2D eigenvalue weighted by Crippen LogP contribution is 2.42. The fraction of sp³-hybridized carbons (Fsp3) is 0.0204. The molecular weight excluding hydrogens is 883 g/mol. The maximum absolute atomic E-state index is 13.8. The summed E-state index contributed by atoms with van der Waals surface area (Å²) in [4.78, 5) is 49.7. The van der Waals surface area contributed by atoms with Gasteiger partial charge < -0.3 is 25.2 Å². The molecule has 0 fully saturated rings. The Hall–Kier alpha value is -8.66. The number of urea groups is 1. The zero-order chi connectivity index (χ0) is 45.7. The van der Waals surface area contributed by atoms with Crippen LogP contribution in [-0.4, -0.2) is 34.3 Å². The van der Waals surface area contributed by atoms with Crippen molar-refractivity contribution in [2.75, 3.05) is 10.8 Å². The molecular formula is C49H32Cl2N8O7. The quantitative estimate of drug-likeness (QED) is 0.0344. The number of azo groups is 2. The van der Waals surface area contributed by atoms with Crippen molar-refractivity contribution in [3.05, 3.63) is 178 Å². The summed E-state index contributed by atoms with van der Waals surface area (Å²) in [6, 6.07) is 39.7. The Kier molecular flexibility index (Phi) is 12.0. The van der Waals surface area contributed by atoms with Crippen LogP contribution in [0, 0.1) is 0 Å². The molecule has 0 aliphatic heterocycles. The predicted octanol–water partition coefficient (Wildman–Crippen LogP) is 13.2. The fourth-order valence-electron chi connectivity index (χ4n) is 7.18. The number of rotatable bonds is 12. The van der Waals surface area contributed by atoms with Crippen LogP contribution in [0.2, 0.25) is 10.0 Å². The number of para-hydroxylation sites is 2. The number of phenolic OH excluding ortho intramolecular Hbond substituents is 2. The molecule has 3 amide bonds. The van der Waals surface area contributed by atoms with Crippen LogP contribution < -0.4 is 16.1 Å². The van der Waals surface area contributed by atoms with E-state index in [0.717, 1.165) is 17.4 Å². The van der Waals surface area contributed by atoms with Crippen LogP contribution in [0.15, 0.2) is 171 Å². The molecule has 15 nitrogen and oxygen atoms in total. The van der Waals surface area contributed by atoms with Crippen molar-refractivity contribution in [2.24, 2.45) is 25.6 Å². The average Bonchev–Trinajstić information content (AvgIpc) is 3.60. The van der Waals surface area contributed by atoms with Gasteiger partial charge in [-0.05, 0) is 106 Å². The van der Waals surface area contributed by atoms with Gasteiger partial charge in [0, 0.05) is 27.5 Å². The highest BCUT2D eigenvalue weighted by Gasteiger charge is 2.27. The van der Waals surface area contributed by atoms with Gasteiger partial charge in [0.1, 0.15) is 29.5 Å². The Labute approximate surface area is 384 Å². The first-order valence-electron chi connectivity index (χ1n) is 19.9. The normalized spacial score (nSPS) is 11.9. The molecule has 0 aromatic heterocycles. The Bertz CT molecular complexity index is 3360. The van der Waals surface area contributed by atoms with Gasteiger partial charge in [-0.1, -0.05) is 95.1 Å². The number of ketones is 1. The molecule has 66 heavy (non-hydrogen) atoms. The number of phenols is 2. The summed E-state index contributed by atoms with van der Waals surface area (Å²) in [6.45, 7) is 0.143. The van der Waals surface area contributed by atoms with Gasteiger partial charge in [0.25, 0.3) is 5.91 Å². The van der Waals surface area contributed by atoms with Crippen LogP contribution in [0.5, 0.6) is 11.5 Å². The summed E-state index contributed by atoms with van der Waals surface area (Å²) in [5.41, 5.74) is 7.97. The molecule has 0 bridgehead atoms. The van der Waals surface area contributed by atoms with Crippen molar-refractivity contribution in [1.29, 1.82) is 0 Å². The minimum absolute atomic E-state index is 0.0738. The molecule has 1 aliphatic rings. The van der Waals surface area contributed by atoms with E-state index in [0.29, 0.717) is 71.2 Å². The van der Waals surface area contributed by atoms with Crippen LogP contribution in [-0.2, 0) is 16.3 Å². The van der Waals surface area contributed by atoms with Crippen molar-refractivity contribution in [3.63, 3.8) is 0 Å². The van der Waals surface area contributed by atoms with E-state index < -0.39 is 11.9 Å². The molecule has 9 rings (SSSR count). The third-order valence-corrected chi connectivity index (χ3v) is 11.0. The largest absolute Gasteiger partial charge is 0.506 e. The third-order valence-electron chi connectivity index (χ3n) is 10.4. The summed E-state index contributed by atoms with van der Waals surface area (Å²) in [5, 5.41) is 50.9. The number of nitrogens with zero attached hydrogens (tertiary/aromatic N) is 5. The van der Waals surface area contributed by atoms with Crippen LogP contribution >= 0.6 is 23.2 Å². The maximum Gasteiger partial charge on any atom is 0.326 e. The molecule has 8 aromatic rings. The summed E-state index contributed by atoms with van der Waals surface area (Å²) >= 11 is 12.2. The summed E-state index contributed by atoms with van der Waals surface area (Å²) < 4.78 is 0. The van der Waals surface area contributed by atoms with Crippen LogP contribution in [0.3, 0.4) is 0 Å². The van der Waals surface area contributed by atoms with E-state index in [1.807, 2.05) is 18.2 Å². The van der Waals surface area contributed by atoms with Crippen LogP contribution in [0.25, 0.3) is 32.7 Å². The zero-order valence-electron chi connectivity index (χ0n) is 34.1. The van der Waals surface area contributed by atoms with Gasteiger partial charge in [-0.25, -0.2) is 10.3 Å². The number of aromatic hydroxyl groups is 2. The van der Waals surface area contributed by atoms with Crippen LogP contribution in [0.4, 0.5) is 38.9 Å².